The second-order valence-electron chi connectivity index (χ2n) is 4.67. The molecule has 1 aromatic heterocycles. The van der Waals surface area contributed by atoms with Crippen LogP contribution >= 0.6 is 0 Å². The molecule has 2 heterocycles. The monoisotopic (exact) mass is 252 g/mol. The number of para-hydroxylation sites is 2. The highest BCUT2D eigenvalue weighted by atomic mass is 17.2. The maximum Gasteiger partial charge on any atom is 0.171 e. The van der Waals surface area contributed by atoms with Crippen LogP contribution in [-0.2, 0) is 17.9 Å². The Morgan fingerprint density at radius 3 is 3.05 bits per heavy atom. The summed E-state index contributed by atoms with van der Waals surface area (Å²) in [5.74, 6) is 1.77. The second kappa shape index (κ2) is 4.10. The molecule has 3 aromatic rings. The van der Waals surface area contributed by atoms with Gasteiger partial charge in [0.1, 0.15) is 12.4 Å². The van der Waals surface area contributed by atoms with Gasteiger partial charge in [0, 0.05) is 12.0 Å². The van der Waals surface area contributed by atoms with Crippen LogP contribution < -0.4 is 4.89 Å². The quantitative estimate of drug-likeness (QED) is 0.713. The van der Waals surface area contributed by atoms with Gasteiger partial charge in [-0.25, -0.2) is 4.98 Å². The summed E-state index contributed by atoms with van der Waals surface area (Å²) in [5, 5.41) is 0. The highest BCUT2D eigenvalue weighted by molar-refractivity contribution is 5.74. The predicted molar refractivity (Wildman–Crippen MR) is 70.8 cm³/mol. The van der Waals surface area contributed by atoms with E-state index in [2.05, 4.69) is 16.0 Å². The van der Waals surface area contributed by atoms with Crippen molar-refractivity contribution >= 4 is 11.0 Å². The molecule has 0 saturated heterocycles. The lowest BCUT2D eigenvalue weighted by molar-refractivity contribution is -0.194. The van der Waals surface area contributed by atoms with Gasteiger partial charge in [-0.2, -0.15) is 4.89 Å². The molecule has 1 N–H and O–H groups in total. The maximum absolute atomic E-state index is 5.11. The third-order valence-electron chi connectivity index (χ3n) is 3.30. The SMILES string of the molecule is c1ccc2[nH]c(Cc3ccc4c(c3)OOC4)nc2c1. The van der Waals surface area contributed by atoms with Crippen molar-refractivity contribution in [1.29, 1.82) is 0 Å². The van der Waals surface area contributed by atoms with Crippen molar-refractivity contribution in [2.75, 3.05) is 0 Å². The molecule has 4 heteroatoms. The Hall–Kier alpha value is -2.33. The highest BCUT2D eigenvalue weighted by Crippen LogP contribution is 2.27. The summed E-state index contributed by atoms with van der Waals surface area (Å²) in [5.41, 5.74) is 4.31. The first-order valence-electron chi connectivity index (χ1n) is 6.23. The first-order valence-corrected chi connectivity index (χ1v) is 6.23. The van der Waals surface area contributed by atoms with Gasteiger partial charge in [0.25, 0.3) is 0 Å². The first-order chi connectivity index (χ1) is 9.38. The molecule has 0 atom stereocenters. The highest BCUT2D eigenvalue weighted by Gasteiger charge is 2.14. The molecule has 2 aromatic carbocycles. The van der Waals surface area contributed by atoms with Gasteiger partial charge < -0.3 is 9.87 Å². The fraction of sp³-hybridized carbons (Fsp3) is 0.133. The van der Waals surface area contributed by atoms with Gasteiger partial charge in [0.15, 0.2) is 5.75 Å². The van der Waals surface area contributed by atoms with Crippen LogP contribution in [0.5, 0.6) is 5.75 Å². The van der Waals surface area contributed by atoms with Gasteiger partial charge in [0.2, 0.25) is 0 Å². The second-order valence-corrected chi connectivity index (χ2v) is 4.67. The normalized spacial score (nSPS) is 13.5. The van der Waals surface area contributed by atoms with Crippen LogP contribution in [0.25, 0.3) is 11.0 Å². The number of H-pyrrole nitrogens is 1. The molecule has 4 nitrogen and oxygen atoms in total. The molecular weight excluding hydrogens is 240 g/mol. The van der Waals surface area contributed by atoms with Crippen molar-refractivity contribution in [1.82, 2.24) is 9.97 Å². The number of imidazole rings is 1. The lowest BCUT2D eigenvalue weighted by atomic mass is 10.1. The van der Waals surface area contributed by atoms with E-state index in [4.69, 9.17) is 9.78 Å². The molecule has 0 amide bonds. The number of rotatable bonds is 2. The van der Waals surface area contributed by atoms with Crippen LogP contribution in [-0.4, -0.2) is 9.97 Å². The molecule has 0 aliphatic carbocycles. The van der Waals surface area contributed by atoms with Gasteiger partial charge in [-0.3, -0.25) is 0 Å². The molecule has 0 radical (unpaired) electrons. The Morgan fingerprint density at radius 1 is 1.16 bits per heavy atom. The molecule has 0 spiro atoms. The topological polar surface area (TPSA) is 47.1 Å². The van der Waals surface area contributed by atoms with Crippen LogP contribution in [0.4, 0.5) is 0 Å². The van der Waals surface area contributed by atoms with Crippen molar-refractivity contribution in [3.8, 4) is 5.75 Å². The van der Waals surface area contributed by atoms with E-state index in [0.717, 1.165) is 40.2 Å². The molecular formula is C15H12N2O2. The smallest absolute Gasteiger partial charge is 0.171 e. The van der Waals surface area contributed by atoms with Crippen LogP contribution in [0.1, 0.15) is 17.0 Å². The zero-order valence-corrected chi connectivity index (χ0v) is 10.2. The minimum atomic E-state index is 0.528. The van der Waals surface area contributed by atoms with Gasteiger partial charge in [-0.15, -0.1) is 0 Å². The molecule has 0 saturated carbocycles. The number of nitrogens with zero attached hydrogens (tertiary/aromatic N) is 1. The Kier molecular flexibility index (Phi) is 2.28. The van der Waals surface area contributed by atoms with E-state index in [1.165, 1.54) is 0 Å². The molecule has 94 valence electrons. The molecule has 4 rings (SSSR count). The fourth-order valence-corrected chi connectivity index (χ4v) is 2.34. The average molecular weight is 252 g/mol. The van der Waals surface area contributed by atoms with E-state index in [0.29, 0.717) is 6.61 Å². The molecule has 0 unspecified atom stereocenters. The van der Waals surface area contributed by atoms with Crippen molar-refractivity contribution < 1.29 is 9.78 Å². The minimum Gasteiger partial charge on any atom is -0.342 e. The Morgan fingerprint density at radius 2 is 2.11 bits per heavy atom. The van der Waals surface area contributed by atoms with E-state index in [1.54, 1.807) is 0 Å². The van der Waals surface area contributed by atoms with Gasteiger partial charge in [-0.1, -0.05) is 24.3 Å². The lowest BCUT2D eigenvalue weighted by Gasteiger charge is -2.00. The number of hydrogen-bond donors (Lipinski definition) is 1. The third-order valence-corrected chi connectivity index (χ3v) is 3.30. The summed E-state index contributed by atoms with van der Waals surface area (Å²) in [4.78, 5) is 18.0. The molecule has 1 aliphatic heterocycles. The van der Waals surface area contributed by atoms with Crippen LogP contribution in [0, 0.1) is 0 Å². The Balaban J connectivity index is 1.67. The standard InChI is InChI=1S/C15H12N2O2/c1-2-4-13-12(3-1)16-15(17-13)8-10-5-6-11-9-18-19-14(11)7-10/h1-7H,8-9H2,(H,16,17). The van der Waals surface area contributed by atoms with Gasteiger partial charge in [0.05, 0.1) is 11.0 Å². The van der Waals surface area contributed by atoms with Crippen molar-refractivity contribution in [3.63, 3.8) is 0 Å². The predicted octanol–water partition coefficient (Wildman–Crippen LogP) is 2.98. The third kappa shape index (κ3) is 1.86. The molecule has 0 bridgehead atoms. The number of aromatic nitrogens is 2. The largest absolute Gasteiger partial charge is 0.342 e. The van der Waals surface area contributed by atoms with E-state index in [1.807, 2.05) is 36.4 Å². The molecule has 0 fully saturated rings. The summed E-state index contributed by atoms with van der Waals surface area (Å²) in [6, 6.07) is 14.2. The number of aromatic amines is 1. The summed E-state index contributed by atoms with van der Waals surface area (Å²) in [6.45, 7) is 0.528. The van der Waals surface area contributed by atoms with Crippen molar-refractivity contribution in [3.05, 3.63) is 59.4 Å². The Labute approximate surface area is 109 Å². The minimum absolute atomic E-state index is 0.528. The van der Waals surface area contributed by atoms with E-state index in [-0.39, 0.29) is 0 Å². The number of benzene rings is 2. The van der Waals surface area contributed by atoms with Gasteiger partial charge in [-0.05, 0) is 23.8 Å². The fourth-order valence-electron chi connectivity index (χ4n) is 2.34. The lowest BCUT2D eigenvalue weighted by Crippen LogP contribution is -1.91. The zero-order chi connectivity index (χ0) is 12.7. The summed E-state index contributed by atoms with van der Waals surface area (Å²) in [7, 11) is 0. The van der Waals surface area contributed by atoms with E-state index >= 15 is 0 Å². The summed E-state index contributed by atoms with van der Waals surface area (Å²) >= 11 is 0. The first kappa shape index (κ1) is 10.6. The summed E-state index contributed by atoms with van der Waals surface area (Å²) < 4.78 is 0. The molecule has 1 aliphatic rings. The number of fused-ring (bicyclic) bond motifs is 2. The molecule has 19 heavy (non-hydrogen) atoms. The van der Waals surface area contributed by atoms with Crippen molar-refractivity contribution in [2.45, 2.75) is 13.0 Å². The van der Waals surface area contributed by atoms with Crippen LogP contribution in [0.15, 0.2) is 42.5 Å². The number of hydrogen-bond acceptors (Lipinski definition) is 3. The van der Waals surface area contributed by atoms with Crippen LogP contribution in [0.2, 0.25) is 0 Å². The zero-order valence-electron chi connectivity index (χ0n) is 10.2. The average Bonchev–Trinajstić information content (AvgIpc) is 3.03. The Bertz CT molecular complexity index is 716. The van der Waals surface area contributed by atoms with E-state index in [9.17, 15) is 0 Å². The number of nitrogens with one attached hydrogen (secondary N) is 1. The van der Waals surface area contributed by atoms with E-state index < -0.39 is 0 Å². The van der Waals surface area contributed by atoms with Gasteiger partial charge >= 0.3 is 0 Å². The van der Waals surface area contributed by atoms with Crippen molar-refractivity contribution in [2.24, 2.45) is 0 Å². The summed E-state index contributed by atoms with van der Waals surface area (Å²) in [6.07, 6.45) is 0.755. The maximum atomic E-state index is 5.11. The van der Waals surface area contributed by atoms with Crippen LogP contribution in [0.3, 0.4) is 0 Å².